The van der Waals surface area contributed by atoms with Crippen molar-refractivity contribution in [3.8, 4) is 5.69 Å². The molecule has 0 aliphatic carbocycles. The first-order valence-corrected chi connectivity index (χ1v) is 8.59. The Hall–Kier alpha value is -2.77. The van der Waals surface area contributed by atoms with Gasteiger partial charge in [0.2, 0.25) is 0 Å². The van der Waals surface area contributed by atoms with Gasteiger partial charge >= 0.3 is 6.03 Å². The normalized spacial score (nSPS) is 17.3. The molecule has 0 saturated carbocycles. The maximum Gasteiger partial charge on any atom is 0.322 e. The second kappa shape index (κ2) is 7.23. The van der Waals surface area contributed by atoms with Crippen LogP contribution in [0.25, 0.3) is 5.69 Å². The Morgan fingerprint density at radius 1 is 1.31 bits per heavy atom. The number of hydrogen-bond donors (Lipinski definition) is 1. The molecule has 0 radical (unpaired) electrons. The third-order valence-electron chi connectivity index (χ3n) is 4.16. The number of benzene rings is 1. The molecule has 1 aromatic carbocycles. The Labute approximate surface area is 155 Å². The Morgan fingerprint density at radius 2 is 2.23 bits per heavy atom. The number of morpholine rings is 1. The number of furan rings is 1. The van der Waals surface area contributed by atoms with Crippen molar-refractivity contribution >= 4 is 23.3 Å². The van der Waals surface area contributed by atoms with Crippen LogP contribution in [-0.4, -0.2) is 40.4 Å². The molecule has 0 bridgehead atoms. The highest BCUT2D eigenvalue weighted by molar-refractivity contribution is 6.32. The van der Waals surface area contributed by atoms with Crippen LogP contribution >= 0.6 is 11.6 Å². The van der Waals surface area contributed by atoms with Gasteiger partial charge in [-0.2, -0.15) is 5.10 Å². The third-order valence-corrected chi connectivity index (χ3v) is 4.47. The molecule has 1 atom stereocenters. The molecule has 1 N–H and O–H groups in total. The van der Waals surface area contributed by atoms with E-state index in [4.69, 9.17) is 20.8 Å². The van der Waals surface area contributed by atoms with E-state index in [-0.39, 0.29) is 12.1 Å². The summed E-state index contributed by atoms with van der Waals surface area (Å²) >= 11 is 6.32. The molecule has 2 aromatic heterocycles. The number of hydrogen-bond acceptors (Lipinski definition) is 4. The van der Waals surface area contributed by atoms with E-state index in [0.717, 1.165) is 5.69 Å². The lowest BCUT2D eigenvalue weighted by molar-refractivity contribution is -0.0242. The average molecular weight is 373 g/mol. The molecule has 0 spiro atoms. The second-order valence-corrected chi connectivity index (χ2v) is 6.28. The van der Waals surface area contributed by atoms with Crippen LogP contribution in [-0.2, 0) is 4.74 Å². The summed E-state index contributed by atoms with van der Waals surface area (Å²) in [6.45, 7) is 1.40. The topological polar surface area (TPSA) is 72.5 Å². The molecule has 1 aliphatic rings. The standard InChI is InChI=1S/C18H17ClN4O3/c19-14-11-13(4-5-15(14)23-7-2-6-20-23)21-18(24)22-8-10-26-17(12-22)16-3-1-9-25-16/h1-7,9,11,17H,8,10,12H2,(H,21,24). The fourth-order valence-electron chi connectivity index (χ4n) is 2.86. The van der Waals surface area contributed by atoms with Crippen LogP contribution in [0, 0.1) is 0 Å². The number of halogens is 1. The quantitative estimate of drug-likeness (QED) is 0.760. The van der Waals surface area contributed by atoms with E-state index < -0.39 is 0 Å². The van der Waals surface area contributed by atoms with Crippen molar-refractivity contribution in [3.63, 3.8) is 0 Å². The van der Waals surface area contributed by atoms with Gasteiger partial charge in [0.05, 0.1) is 30.1 Å². The number of rotatable bonds is 3. The van der Waals surface area contributed by atoms with E-state index in [1.807, 2.05) is 24.4 Å². The summed E-state index contributed by atoms with van der Waals surface area (Å²) < 4.78 is 12.7. The minimum Gasteiger partial charge on any atom is -0.467 e. The SMILES string of the molecule is O=C(Nc1ccc(-n2cccn2)c(Cl)c1)N1CCOC(c2ccco2)C1. The molecular formula is C18H17ClN4O3. The van der Waals surface area contributed by atoms with Crippen molar-refractivity contribution in [1.29, 1.82) is 0 Å². The van der Waals surface area contributed by atoms with Crippen molar-refractivity contribution in [2.45, 2.75) is 6.10 Å². The lowest BCUT2D eigenvalue weighted by Crippen LogP contribution is -2.44. The number of carbonyl (C=O) groups is 1. The number of amides is 2. The molecule has 1 saturated heterocycles. The van der Waals surface area contributed by atoms with Crippen molar-refractivity contribution in [2.75, 3.05) is 25.0 Å². The minimum absolute atomic E-state index is 0.201. The van der Waals surface area contributed by atoms with E-state index in [1.54, 1.807) is 40.2 Å². The van der Waals surface area contributed by atoms with E-state index >= 15 is 0 Å². The summed E-state index contributed by atoms with van der Waals surface area (Å²) in [6.07, 6.45) is 4.83. The Bertz CT molecular complexity index is 880. The van der Waals surface area contributed by atoms with Gasteiger partial charge in [0.15, 0.2) is 0 Å². The van der Waals surface area contributed by atoms with Crippen LogP contribution in [0.4, 0.5) is 10.5 Å². The first kappa shape index (κ1) is 16.7. The first-order chi connectivity index (χ1) is 12.7. The third kappa shape index (κ3) is 3.44. The van der Waals surface area contributed by atoms with Crippen LogP contribution < -0.4 is 5.32 Å². The maximum atomic E-state index is 12.6. The highest BCUT2D eigenvalue weighted by atomic mass is 35.5. The number of carbonyl (C=O) groups excluding carboxylic acids is 1. The van der Waals surface area contributed by atoms with Crippen LogP contribution in [0.3, 0.4) is 0 Å². The highest BCUT2D eigenvalue weighted by Crippen LogP contribution is 2.26. The Balaban J connectivity index is 1.43. The molecule has 8 heteroatoms. The molecule has 1 fully saturated rings. The lowest BCUT2D eigenvalue weighted by atomic mass is 10.2. The first-order valence-electron chi connectivity index (χ1n) is 8.21. The summed E-state index contributed by atoms with van der Waals surface area (Å²) in [5.41, 5.74) is 1.37. The van der Waals surface area contributed by atoms with Crippen molar-refractivity contribution < 1.29 is 13.9 Å². The summed E-state index contributed by atoms with van der Waals surface area (Å²) in [6, 6.07) is 10.6. The van der Waals surface area contributed by atoms with Gasteiger partial charge in [0.25, 0.3) is 0 Å². The van der Waals surface area contributed by atoms with Crippen LogP contribution in [0.5, 0.6) is 0 Å². The number of urea groups is 1. The maximum absolute atomic E-state index is 12.6. The highest BCUT2D eigenvalue weighted by Gasteiger charge is 2.27. The van der Waals surface area contributed by atoms with E-state index in [2.05, 4.69) is 10.4 Å². The summed E-state index contributed by atoms with van der Waals surface area (Å²) in [5, 5.41) is 7.54. The summed E-state index contributed by atoms with van der Waals surface area (Å²) in [7, 11) is 0. The summed E-state index contributed by atoms with van der Waals surface area (Å²) in [5.74, 6) is 0.717. The van der Waals surface area contributed by atoms with Gasteiger partial charge in [-0.15, -0.1) is 0 Å². The molecule has 4 rings (SSSR count). The fraction of sp³-hybridized carbons (Fsp3) is 0.222. The number of anilines is 1. The lowest BCUT2D eigenvalue weighted by Gasteiger charge is -2.32. The molecule has 2 amide bonds. The molecule has 3 heterocycles. The van der Waals surface area contributed by atoms with Crippen LogP contribution in [0.1, 0.15) is 11.9 Å². The van der Waals surface area contributed by atoms with Crippen molar-refractivity contribution in [2.24, 2.45) is 0 Å². The fourth-order valence-corrected chi connectivity index (χ4v) is 3.13. The molecule has 26 heavy (non-hydrogen) atoms. The Morgan fingerprint density at radius 3 is 2.96 bits per heavy atom. The zero-order chi connectivity index (χ0) is 17.9. The second-order valence-electron chi connectivity index (χ2n) is 5.87. The molecule has 3 aromatic rings. The minimum atomic E-state index is -0.254. The molecule has 1 unspecified atom stereocenters. The van der Waals surface area contributed by atoms with Gasteiger partial charge < -0.3 is 19.4 Å². The smallest absolute Gasteiger partial charge is 0.322 e. The number of aromatic nitrogens is 2. The van der Waals surface area contributed by atoms with Gasteiger partial charge in [0, 0.05) is 24.6 Å². The molecular weight excluding hydrogens is 356 g/mol. The predicted molar refractivity (Wildman–Crippen MR) is 96.6 cm³/mol. The van der Waals surface area contributed by atoms with Gasteiger partial charge in [-0.3, -0.25) is 0 Å². The largest absolute Gasteiger partial charge is 0.467 e. The van der Waals surface area contributed by atoms with Crippen LogP contribution in [0.2, 0.25) is 5.02 Å². The van der Waals surface area contributed by atoms with Crippen molar-refractivity contribution in [3.05, 3.63) is 65.8 Å². The zero-order valence-electron chi connectivity index (χ0n) is 13.8. The molecule has 1 aliphatic heterocycles. The van der Waals surface area contributed by atoms with Gasteiger partial charge in [0.1, 0.15) is 11.9 Å². The van der Waals surface area contributed by atoms with E-state index in [1.165, 1.54) is 0 Å². The zero-order valence-corrected chi connectivity index (χ0v) is 14.6. The van der Waals surface area contributed by atoms with Gasteiger partial charge in [-0.05, 0) is 36.4 Å². The number of nitrogens with one attached hydrogen (secondary N) is 1. The van der Waals surface area contributed by atoms with Gasteiger partial charge in [-0.1, -0.05) is 11.6 Å². The molecule has 134 valence electrons. The Kier molecular flexibility index (Phi) is 4.64. The van der Waals surface area contributed by atoms with E-state index in [9.17, 15) is 4.79 Å². The monoisotopic (exact) mass is 372 g/mol. The number of ether oxygens (including phenoxy) is 1. The molecule has 7 nitrogen and oxygen atoms in total. The van der Waals surface area contributed by atoms with E-state index in [0.29, 0.717) is 36.2 Å². The predicted octanol–water partition coefficient (Wildman–Crippen LogP) is 3.72. The summed E-state index contributed by atoms with van der Waals surface area (Å²) in [4.78, 5) is 14.3. The van der Waals surface area contributed by atoms with Gasteiger partial charge in [-0.25, -0.2) is 9.48 Å². The van der Waals surface area contributed by atoms with Crippen LogP contribution in [0.15, 0.2) is 59.5 Å². The van der Waals surface area contributed by atoms with Crippen molar-refractivity contribution in [1.82, 2.24) is 14.7 Å². The number of nitrogens with zero attached hydrogens (tertiary/aromatic N) is 3. The average Bonchev–Trinajstić information content (AvgIpc) is 3.36.